The molecule has 3 aromatic heterocycles. The summed E-state index contributed by atoms with van der Waals surface area (Å²) in [6, 6.07) is 8.30. The zero-order valence-electron chi connectivity index (χ0n) is 20.1. The predicted octanol–water partition coefficient (Wildman–Crippen LogP) is 2.81. The molecular weight excluding hydrogens is 460 g/mol. The lowest BCUT2D eigenvalue weighted by Gasteiger charge is -2.38. The third-order valence-corrected chi connectivity index (χ3v) is 7.55. The normalized spacial score (nSPS) is 17.9. The summed E-state index contributed by atoms with van der Waals surface area (Å²) in [6.07, 6.45) is 8.87. The van der Waals surface area contributed by atoms with Crippen molar-refractivity contribution in [2.45, 2.75) is 57.1 Å². The Morgan fingerprint density at radius 2 is 1.89 bits per heavy atom. The summed E-state index contributed by atoms with van der Waals surface area (Å²) in [5.74, 6) is 1.04. The van der Waals surface area contributed by atoms with Gasteiger partial charge in [-0.2, -0.15) is 5.10 Å². The molecule has 1 aromatic carbocycles. The summed E-state index contributed by atoms with van der Waals surface area (Å²) in [6.45, 7) is 2.49. The zero-order valence-corrected chi connectivity index (χ0v) is 20.1. The van der Waals surface area contributed by atoms with Gasteiger partial charge in [0.15, 0.2) is 11.5 Å². The summed E-state index contributed by atoms with van der Waals surface area (Å²) < 4.78 is 8.45. The first-order valence-electron chi connectivity index (χ1n) is 12.4. The zero-order chi connectivity index (χ0) is 24.9. The monoisotopic (exact) mass is 488 g/mol. The van der Waals surface area contributed by atoms with E-state index >= 15 is 0 Å². The summed E-state index contributed by atoms with van der Waals surface area (Å²) in [5, 5.41) is 16.0. The van der Waals surface area contributed by atoms with Crippen LogP contribution in [0.3, 0.4) is 0 Å². The molecule has 1 saturated carbocycles. The lowest BCUT2D eigenvalue weighted by molar-refractivity contribution is -0.0304. The van der Waals surface area contributed by atoms with Gasteiger partial charge in [-0.15, -0.1) is 0 Å². The second-order valence-electron chi connectivity index (χ2n) is 9.95. The standard InChI is InChI=1S/C26H28N6O4/c1-17-27-14-22(36-17)25(34)30-11-9-26(35,10-12-30)15-31-16-28-23-21(24(31)33)13-29-32(23)20-7-5-19(6-8-20)18-3-2-4-18/h5-8,13-14,16,18,35H,2-4,9-12,15H2,1H3. The third kappa shape index (κ3) is 4.01. The molecule has 10 heteroatoms. The highest BCUT2D eigenvalue weighted by Crippen LogP contribution is 2.36. The molecule has 0 spiro atoms. The minimum absolute atomic E-state index is 0.0967. The third-order valence-electron chi connectivity index (χ3n) is 7.55. The number of carbonyl (C=O) groups excluding carboxylic acids is 1. The number of piperidine rings is 1. The number of hydrogen-bond donors (Lipinski definition) is 1. The number of likely N-dealkylation sites (tertiary alicyclic amines) is 1. The van der Waals surface area contributed by atoms with E-state index in [0.717, 1.165) is 5.69 Å². The van der Waals surface area contributed by atoms with E-state index in [-0.39, 0.29) is 23.8 Å². The van der Waals surface area contributed by atoms with E-state index in [2.05, 4.69) is 27.2 Å². The van der Waals surface area contributed by atoms with E-state index in [1.165, 1.54) is 48.1 Å². The maximum absolute atomic E-state index is 13.2. The molecule has 4 heterocycles. The van der Waals surface area contributed by atoms with Crippen LogP contribution in [0.25, 0.3) is 16.7 Å². The van der Waals surface area contributed by atoms with Gasteiger partial charge in [-0.05, 0) is 49.3 Å². The molecule has 2 fully saturated rings. The molecule has 0 atom stereocenters. The number of hydrogen-bond acceptors (Lipinski definition) is 7. The molecule has 6 rings (SSSR count). The Balaban J connectivity index is 1.17. The number of oxazole rings is 1. The molecular formula is C26H28N6O4. The van der Waals surface area contributed by atoms with Crippen LogP contribution in [-0.2, 0) is 6.54 Å². The molecule has 1 aliphatic carbocycles. The van der Waals surface area contributed by atoms with Crippen molar-refractivity contribution in [3.63, 3.8) is 0 Å². The molecule has 10 nitrogen and oxygen atoms in total. The second-order valence-corrected chi connectivity index (χ2v) is 9.95. The lowest BCUT2D eigenvalue weighted by Crippen LogP contribution is -2.49. The Labute approximate surface area is 207 Å². The van der Waals surface area contributed by atoms with Crippen LogP contribution in [0.4, 0.5) is 0 Å². The number of benzene rings is 1. The molecule has 0 bridgehead atoms. The largest absolute Gasteiger partial charge is 0.436 e. The fraction of sp³-hybridized carbons (Fsp3) is 0.423. The first kappa shape index (κ1) is 22.7. The van der Waals surface area contributed by atoms with Gasteiger partial charge in [-0.1, -0.05) is 18.6 Å². The van der Waals surface area contributed by atoms with Crippen LogP contribution >= 0.6 is 0 Å². The van der Waals surface area contributed by atoms with Crippen LogP contribution in [0.1, 0.15) is 60.0 Å². The van der Waals surface area contributed by atoms with E-state index in [0.29, 0.717) is 48.8 Å². The van der Waals surface area contributed by atoms with Gasteiger partial charge >= 0.3 is 0 Å². The summed E-state index contributed by atoms with van der Waals surface area (Å²) >= 11 is 0. The Hall–Kier alpha value is -3.79. The van der Waals surface area contributed by atoms with Gasteiger partial charge in [0.1, 0.15) is 11.7 Å². The van der Waals surface area contributed by atoms with Crippen LogP contribution in [0.15, 0.2) is 52.2 Å². The van der Waals surface area contributed by atoms with Crippen LogP contribution < -0.4 is 5.56 Å². The fourth-order valence-corrected chi connectivity index (χ4v) is 5.10. The van der Waals surface area contributed by atoms with Crippen molar-refractivity contribution in [2.75, 3.05) is 13.1 Å². The number of carbonyl (C=O) groups is 1. The number of nitrogens with zero attached hydrogens (tertiary/aromatic N) is 6. The Morgan fingerprint density at radius 3 is 2.53 bits per heavy atom. The van der Waals surface area contributed by atoms with Crippen molar-refractivity contribution in [1.29, 1.82) is 0 Å². The minimum atomic E-state index is -1.12. The van der Waals surface area contributed by atoms with Gasteiger partial charge < -0.3 is 14.4 Å². The number of aromatic nitrogens is 5. The van der Waals surface area contributed by atoms with Crippen molar-refractivity contribution < 1.29 is 14.3 Å². The Kier molecular flexibility index (Phi) is 5.48. The van der Waals surface area contributed by atoms with E-state index < -0.39 is 5.60 Å². The van der Waals surface area contributed by atoms with Crippen molar-refractivity contribution in [1.82, 2.24) is 29.2 Å². The van der Waals surface area contributed by atoms with Gasteiger partial charge in [0.2, 0.25) is 5.76 Å². The Bertz CT molecular complexity index is 1470. The average Bonchev–Trinajstić information content (AvgIpc) is 3.47. The highest BCUT2D eigenvalue weighted by Gasteiger charge is 2.36. The van der Waals surface area contributed by atoms with Crippen LogP contribution in [0.2, 0.25) is 0 Å². The number of aryl methyl sites for hydroxylation is 1. The van der Waals surface area contributed by atoms with Crippen molar-refractivity contribution in [3.8, 4) is 5.69 Å². The fourth-order valence-electron chi connectivity index (χ4n) is 5.10. The first-order valence-corrected chi connectivity index (χ1v) is 12.4. The molecule has 1 N–H and O–H groups in total. The second kappa shape index (κ2) is 8.70. The predicted molar refractivity (Wildman–Crippen MR) is 131 cm³/mol. The maximum Gasteiger partial charge on any atom is 0.291 e. The smallest absolute Gasteiger partial charge is 0.291 e. The summed E-state index contributed by atoms with van der Waals surface area (Å²) in [5.41, 5.74) is 1.31. The van der Waals surface area contributed by atoms with Gasteiger partial charge in [0.25, 0.3) is 11.5 Å². The van der Waals surface area contributed by atoms with Gasteiger partial charge in [0.05, 0.1) is 30.2 Å². The average molecular weight is 489 g/mol. The first-order chi connectivity index (χ1) is 17.4. The van der Waals surface area contributed by atoms with Gasteiger partial charge in [-0.3, -0.25) is 14.2 Å². The van der Waals surface area contributed by atoms with E-state index in [4.69, 9.17) is 4.42 Å². The van der Waals surface area contributed by atoms with Gasteiger partial charge in [0, 0.05) is 20.0 Å². The molecule has 2 aliphatic rings. The minimum Gasteiger partial charge on any atom is -0.436 e. The lowest BCUT2D eigenvalue weighted by atomic mass is 9.80. The molecule has 0 unspecified atom stereocenters. The van der Waals surface area contributed by atoms with Crippen LogP contribution in [0.5, 0.6) is 0 Å². The highest BCUT2D eigenvalue weighted by atomic mass is 16.4. The topological polar surface area (TPSA) is 119 Å². The molecule has 186 valence electrons. The molecule has 1 amide bonds. The van der Waals surface area contributed by atoms with Crippen molar-refractivity contribution in [2.24, 2.45) is 0 Å². The molecule has 1 saturated heterocycles. The van der Waals surface area contributed by atoms with E-state index in [1.807, 2.05) is 12.1 Å². The Morgan fingerprint density at radius 1 is 1.14 bits per heavy atom. The number of amides is 1. The van der Waals surface area contributed by atoms with Crippen LogP contribution in [0, 0.1) is 6.92 Å². The SMILES string of the molecule is Cc1ncc(C(=O)N2CCC(O)(Cn3cnc4c(cnn4-c4ccc(C5CCC5)cc4)c3=O)CC2)o1. The molecule has 1 aliphatic heterocycles. The maximum atomic E-state index is 13.2. The summed E-state index contributed by atoms with van der Waals surface area (Å²) in [4.78, 5) is 35.9. The quantitative estimate of drug-likeness (QED) is 0.459. The van der Waals surface area contributed by atoms with Gasteiger partial charge in [-0.25, -0.2) is 14.6 Å². The molecule has 0 radical (unpaired) electrons. The van der Waals surface area contributed by atoms with E-state index in [9.17, 15) is 14.7 Å². The highest BCUT2D eigenvalue weighted by molar-refractivity contribution is 5.91. The number of rotatable bonds is 5. The molecule has 4 aromatic rings. The van der Waals surface area contributed by atoms with E-state index in [1.54, 1.807) is 16.5 Å². The summed E-state index contributed by atoms with van der Waals surface area (Å²) in [7, 11) is 0. The number of fused-ring (bicyclic) bond motifs is 1. The van der Waals surface area contributed by atoms with Crippen molar-refractivity contribution in [3.05, 3.63) is 70.6 Å². The number of aliphatic hydroxyl groups is 1. The molecule has 36 heavy (non-hydrogen) atoms. The van der Waals surface area contributed by atoms with Crippen molar-refractivity contribution >= 4 is 16.9 Å². The van der Waals surface area contributed by atoms with Crippen LogP contribution in [-0.4, -0.2) is 58.9 Å².